The van der Waals surface area contributed by atoms with Crippen molar-refractivity contribution < 1.29 is 13.2 Å². The molecule has 0 spiro atoms. The van der Waals surface area contributed by atoms with Gasteiger partial charge in [-0.15, -0.1) is 12.4 Å². The van der Waals surface area contributed by atoms with Gasteiger partial charge >= 0.3 is 0 Å². The summed E-state index contributed by atoms with van der Waals surface area (Å²) in [5.41, 5.74) is 5.44. The molecule has 1 amide bonds. The molecule has 1 aliphatic heterocycles. The second-order valence-corrected chi connectivity index (χ2v) is 6.91. The van der Waals surface area contributed by atoms with E-state index in [2.05, 4.69) is 15.0 Å². The standard InChI is InChI=1S/C12H25N5O3S.ClH/c1-14-10(11(18)17-8-3-4-9-17)6-5-7-15-12(13)16-21(2,19)20;/h10,14H,3-9H2,1-2H3,(H3,13,15,16);1H/t10-;/m0./s1. The fourth-order valence-corrected chi connectivity index (χ4v) is 2.71. The number of carbonyl (C=O) groups excluding carboxylic acids is 1. The van der Waals surface area contributed by atoms with Crippen LogP contribution in [0.2, 0.25) is 0 Å². The number of likely N-dealkylation sites (tertiary alicyclic amines) is 1. The van der Waals surface area contributed by atoms with Gasteiger partial charge in [-0.2, -0.15) is 0 Å². The molecular weight excluding hydrogens is 330 g/mol. The van der Waals surface area contributed by atoms with E-state index in [-0.39, 0.29) is 30.3 Å². The highest BCUT2D eigenvalue weighted by Crippen LogP contribution is 2.11. The molecule has 22 heavy (non-hydrogen) atoms. The van der Waals surface area contributed by atoms with E-state index in [1.165, 1.54) is 0 Å². The van der Waals surface area contributed by atoms with Crippen LogP contribution in [0.3, 0.4) is 0 Å². The van der Waals surface area contributed by atoms with Crippen molar-refractivity contribution in [3.63, 3.8) is 0 Å². The van der Waals surface area contributed by atoms with Crippen LogP contribution >= 0.6 is 12.4 Å². The molecule has 0 aromatic heterocycles. The SMILES string of the molecule is CN[C@@H](CCCN=C(N)NS(C)(=O)=O)C(=O)N1CCCC1.Cl. The summed E-state index contributed by atoms with van der Waals surface area (Å²) in [6.45, 7) is 2.04. The Kier molecular flexibility index (Phi) is 9.38. The number of guanidine groups is 1. The van der Waals surface area contributed by atoms with Crippen LogP contribution in [0.5, 0.6) is 0 Å². The molecule has 0 aromatic carbocycles. The predicted molar refractivity (Wildman–Crippen MR) is 89.6 cm³/mol. The number of nitrogens with two attached hydrogens (primary N) is 1. The van der Waals surface area contributed by atoms with E-state index in [1.807, 2.05) is 4.90 Å². The van der Waals surface area contributed by atoms with Crippen molar-refractivity contribution in [2.24, 2.45) is 10.7 Å². The molecule has 1 heterocycles. The van der Waals surface area contributed by atoms with Gasteiger partial charge in [0, 0.05) is 19.6 Å². The number of nitrogens with one attached hydrogen (secondary N) is 2. The Morgan fingerprint density at radius 3 is 2.45 bits per heavy atom. The van der Waals surface area contributed by atoms with Crippen LogP contribution in [-0.2, 0) is 14.8 Å². The number of aliphatic imine (C=N–C) groups is 1. The molecule has 1 aliphatic rings. The number of halogens is 1. The second kappa shape index (κ2) is 9.86. The van der Waals surface area contributed by atoms with E-state index in [9.17, 15) is 13.2 Å². The van der Waals surface area contributed by atoms with Crippen LogP contribution in [0.1, 0.15) is 25.7 Å². The van der Waals surface area contributed by atoms with Crippen LogP contribution in [0.4, 0.5) is 0 Å². The molecule has 4 N–H and O–H groups in total. The zero-order valence-electron chi connectivity index (χ0n) is 13.0. The van der Waals surface area contributed by atoms with Crippen molar-refractivity contribution in [2.75, 3.05) is 32.9 Å². The molecule has 1 atom stereocenters. The van der Waals surface area contributed by atoms with Crippen molar-refractivity contribution in [3.8, 4) is 0 Å². The zero-order valence-corrected chi connectivity index (χ0v) is 14.7. The smallest absolute Gasteiger partial charge is 0.239 e. The fraction of sp³-hybridized carbons (Fsp3) is 0.833. The van der Waals surface area contributed by atoms with E-state index in [1.54, 1.807) is 7.05 Å². The summed E-state index contributed by atoms with van der Waals surface area (Å²) in [5.74, 6) is 0.00518. The van der Waals surface area contributed by atoms with E-state index >= 15 is 0 Å². The molecule has 0 bridgehead atoms. The minimum absolute atomic E-state index is 0. The highest BCUT2D eigenvalue weighted by atomic mass is 35.5. The Hall–Kier alpha value is -1.06. The molecule has 10 heteroatoms. The van der Waals surface area contributed by atoms with Crippen LogP contribution in [-0.4, -0.2) is 64.2 Å². The van der Waals surface area contributed by atoms with Gasteiger partial charge in [0.2, 0.25) is 21.9 Å². The van der Waals surface area contributed by atoms with Crippen molar-refractivity contribution in [1.29, 1.82) is 0 Å². The topological polar surface area (TPSA) is 117 Å². The maximum Gasteiger partial charge on any atom is 0.239 e. The lowest BCUT2D eigenvalue weighted by atomic mass is 10.1. The average molecular weight is 356 g/mol. The van der Waals surface area contributed by atoms with Gasteiger partial charge in [0.25, 0.3) is 0 Å². The van der Waals surface area contributed by atoms with Crippen LogP contribution in [0.15, 0.2) is 4.99 Å². The van der Waals surface area contributed by atoms with Crippen molar-refractivity contribution >= 4 is 34.3 Å². The quantitative estimate of drug-likeness (QED) is 0.316. The second-order valence-electron chi connectivity index (χ2n) is 5.16. The van der Waals surface area contributed by atoms with E-state index in [0.29, 0.717) is 19.4 Å². The van der Waals surface area contributed by atoms with E-state index < -0.39 is 10.0 Å². The van der Waals surface area contributed by atoms with E-state index in [0.717, 1.165) is 32.2 Å². The van der Waals surface area contributed by atoms with Crippen molar-refractivity contribution in [2.45, 2.75) is 31.7 Å². The number of hydrogen-bond donors (Lipinski definition) is 3. The molecule has 0 aliphatic carbocycles. The lowest BCUT2D eigenvalue weighted by molar-refractivity contribution is -0.132. The van der Waals surface area contributed by atoms with Gasteiger partial charge in [-0.05, 0) is 32.7 Å². The number of sulfonamides is 1. The molecule has 130 valence electrons. The van der Waals surface area contributed by atoms with Gasteiger partial charge in [0.1, 0.15) is 0 Å². The Balaban J connectivity index is 0.00000441. The van der Waals surface area contributed by atoms with Gasteiger partial charge in [-0.3, -0.25) is 14.5 Å². The lowest BCUT2D eigenvalue weighted by Crippen LogP contribution is -2.44. The lowest BCUT2D eigenvalue weighted by Gasteiger charge is -2.22. The van der Waals surface area contributed by atoms with Crippen LogP contribution < -0.4 is 15.8 Å². The van der Waals surface area contributed by atoms with Gasteiger partial charge < -0.3 is 16.0 Å². The summed E-state index contributed by atoms with van der Waals surface area (Å²) in [5, 5.41) is 3.02. The number of amides is 1. The maximum absolute atomic E-state index is 12.2. The summed E-state index contributed by atoms with van der Waals surface area (Å²) in [6.07, 6.45) is 4.44. The molecular formula is C12H26ClN5O3S. The molecule has 0 aromatic rings. The average Bonchev–Trinajstić information content (AvgIpc) is 2.90. The minimum Gasteiger partial charge on any atom is -0.369 e. The number of hydrogen-bond acceptors (Lipinski definition) is 5. The number of carbonyl (C=O) groups is 1. The summed E-state index contributed by atoms with van der Waals surface area (Å²) >= 11 is 0. The first kappa shape index (κ1) is 20.9. The molecule has 1 fully saturated rings. The van der Waals surface area contributed by atoms with Gasteiger partial charge in [0.05, 0.1) is 12.3 Å². The fourth-order valence-electron chi connectivity index (χ4n) is 2.27. The van der Waals surface area contributed by atoms with E-state index in [4.69, 9.17) is 5.73 Å². The summed E-state index contributed by atoms with van der Waals surface area (Å²) < 4.78 is 24.0. The van der Waals surface area contributed by atoms with Gasteiger partial charge in [-0.25, -0.2) is 8.42 Å². The number of rotatable bonds is 7. The molecule has 1 saturated heterocycles. The zero-order chi connectivity index (χ0) is 15.9. The third-order valence-corrected chi connectivity index (χ3v) is 3.87. The predicted octanol–water partition coefficient (Wildman–Crippen LogP) is -0.737. The normalized spacial score (nSPS) is 17.0. The van der Waals surface area contributed by atoms with Crippen LogP contribution in [0.25, 0.3) is 0 Å². The first-order chi connectivity index (χ1) is 9.83. The molecule has 0 saturated carbocycles. The monoisotopic (exact) mass is 355 g/mol. The van der Waals surface area contributed by atoms with Gasteiger partial charge in [0.15, 0.2) is 0 Å². The first-order valence-electron chi connectivity index (χ1n) is 7.07. The summed E-state index contributed by atoms with van der Waals surface area (Å²) in [7, 11) is -1.62. The Labute approximate surface area is 138 Å². The molecule has 0 radical (unpaired) electrons. The number of likely N-dealkylation sites (N-methyl/N-ethyl adjacent to an activating group) is 1. The Bertz CT molecular complexity index is 477. The van der Waals surface area contributed by atoms with Crippen LogP contribution in [0, 0.1) is 0 Å². The van der Waals surface area contributed by atoms with Crippen molar-refractivity contribution in [3.05, 3.63) is 0 Å². The summed E-state index contributed by atoms with van der Waals surface area (Å²) in [4.78, 5) is 18.0. The third-order valence-electron chi connectivity index (χ3n) is 3.29. The third kappa shape index (κ3) is 7.81. The molecule has 0 unspecified atom stereocenters. The molecule has 1 rings (SSSR count). The largest absolute Gasteiger partial charge is 0.369 e. The van der Waals surface area contributed by atoms with Gasteiger partial charge in [-0.1, -0.05) is 0 Å². The minimum atomic E-state index is -3.38. The molecule has 8 nitrogen and oxygen atoms in total. The summed E-state index contributed by atoms with van der Waals surface area (Å²) in [6, 6.07) is -0.220. The van der Waals surface area contributed by atoms with Crippen molar-refractivity contribution in [1.82, 2.24) is 14.9 Å². The maximum atomic E-state index is 12.2. The Morgan fingerprint density at radius 2 is 1.95 bits per heavy atom. The Morgan fingerprint density at radius 1 is 1.36 bits per heavy atom. The highest BCUT2D eigenvalue weighted by molar-refractivity contribution is 7.89. The first-order valence-corrected chi connectivity index (χ1v) is 8.96. The highest BCUT2D eigenvalue weighted by Gasteiger charge is 2.24. The number of nitrogens with zero attached hydrogens (tertiary/aromatic N) is 2.